The maximum absolute atomic E-state index is 12.4. The first kappa shape index (κ1) is 22.2. The lowest BCUT2D eigenvalue weighted by Crippen LogP contribution is -2.42. The molecule has 0 spiro atoms. The molecule has 8 heteroatoms. The molecule has 2 rings (SSSR count). The molecule has 0 atom stereocenters. The molecular weight excluding hydrogens is 382 g/mol. The minimum absolute atomic E-state index is 0.0636. The number of nitrogens with zero attached hydrogens (tertiary/aromatic N) is 1. The number of benzene rings is 1. The van der Waals surface area contributed by atoms with Gasteiger partial charge in [0.1, 0.15) is 17.4 Å². The first-order valence-corrected chi connectivity index (χ1v) is 11.2. The van der Waals surface area contributed by atoms with Crippen molar-refractivity contribution in [3.8, 4) is 5.75 Å². The SMILES string of the molecule is COC(=O)c1ccc(S(C)(=O)=O)cc1OC1CCN(C(=O)CC(C)(C)C)CC1. The quantitative estimate of drug-likeness (QED) is 0.692. The molecule has 1 heterocycles. The molecule has 1 saturated heterocycles. The van der Waals surface area contributed by atoms with Gasteiger partial charge >= 0.3 is 5.97 Å². The fraction of sp³-hybridized carbons (Fsp3) is 0.600. The van der Waals surface area contributed by atoms with E-state index in [9.17, 15) is 18.0 Å². The van der Waals surface area contributed by atoms with Crippen molar-refractivity contribution in [2.45, 2.75) is 51.0 Å². The molecule has 0 aliphatic carbocycles. The van der Waals surface area contributed by atoms with E-state index in [0.717, 1.165) is 6.26 Å². The predicted molar refractivity (Wildman–Crippen MR) is 105 cm³/mol. The van der Waals surface area contributed by atoms with Gasteiger partial charge in [-0.25, -0.2) is 13.2 Å². The van der Waals surface area contributed by atoms with Crippen LogP contribution in [0.15, 0.2) is 23.1 Å². The number of esters is 1. The van der Waals surface area contributed by atoms with E-state index in [1.54, 1.807) is 0 Å². The predicted octanol–water partition coefficient (Wildman–Crippen LogP) is 2.68. The summed E-state index contributed by atoms with van der Waals surface area (Å²) in [6.45, 7) is 7.23. The van der Waals surface area contributed by atoms with Crippen LogP contribution in [0.5, 0.6) is 5.75 Å². The summed E-state index contributed by atoms with van der Waals surface area (Å²) in [5.74, 6) is -0.276. The normalized spacial score (nSPS) is 16.0. The van der Waals surface area contributed by atoms with Crippen LogP contribution in [0.4, 0.5) is 0 Å². The number of methoxy groups -OCH3 is 1. The summed E-state index contributed by atoms with van der Waals surface area (Å²) in [6.07, 6.45) is 2.60. The van der Waals surface area contributed by atoms with Crippen LogP contribution >= 0.6 is 0 Å². The summed E-state index contributed by atoms with van der Waals surface area (Å²) >= 11 is 0. The Bertz CT molecular complexity index is 833. The average Bonchev–Trinajstić information content (AvgIpc) is 2.59. The van der Waals surface area contributed by atoms with Crippen LogP contribution in [-0.4, -0.2) is 57.8 Å². The number of likely N-dealkylation sites (tertiary alicyclic amines) is 1. The number of hydrogen-bond acceptors (Lipinski definition) is 6. The number of carbonyl (C=O) groups excluding carboxylic acids is 2. The topological polar surface area (TPSA) is 90.0 Å². The number of hydrogen-bond donors (Lipinski definition) is 0. The van der Waals surface area contributed by atoms with Crippen molar-refractivity contribution in [1.82, 2.24) is 4.90 Å². The molecule has 7 nitrogen and oxygen atoms in total. The maximum atomic E-state index is 12.4. The van der Waals surface area contributed by atoms with Crippen molar-refractivity contribution in [3.05, 3.63) is 23.8 Å². The third kappa shape index (κ3) is 5.95. The molecule has 1 aliphatic rings. The highest BCUT2D eigenvalue weighted by Gasteiger charge is 2.28. The molecule has 156 valence electrons. The zero-order valence-electron chi connectivity index (χ0n) is 17.1. The van der Waals surface area contributed by atoms with Crippen molar-refractivity contribution in [3.63, 3.8) is 0 Å². The Hall–Kier alpha value is -2.09. The van der Waals surface area contributed by atoms with Crippen LogP contribution in [-0.2, 0) is 19.4 Å². The second-order valence-electron chi connectivity index (χ2n) is 8.36. The van der Waals surface area contributed by atoms with Gasteiger partial charge in [-0.1, -0.05) is 20.8 Å². The van der Waals surface area contributed by atoms with Crippen molar-refractivity contribution in [2.75, 3.05) is 26.5 Å². The Labute approximate surface area is 166 Å². The van der Waals surface area contributed by atoms with Gasteiger partial charge in [-0.2, -0.15) is 0 Å². The fourth-order valence-corrected chi connectivity index (χ4v) is 3.71. The number of ether oxygens (including phenoxy) is 2. The van der Waals surface area contributed by atoms with Crippen LogP contribution in [0.1, 0.15) is 50.4 Å². The van der Waals surface area contributed by atoms with Gasteiger partial charge in [0.2, 0.25) is 5.91 Å². The van der Waals surface area contributed by atoms with E-state index in [2.05, 4.69) is 0 Å². The van der Waals surface area contributed by atoms with Crippen LogP contribution in [0.3, 0.4) is 0 Å². The van der Waals surface area contributed by atoms with E-state index in [0.29, 0.717) is 32.4 Å². The average molecular weight is 412 g/mol. The van der Waals surface area contributed by atoms with Gasteiger partial charge in [-0.15, -0.1) is 0 Å². The van der Waals surface area contributed by atoms with Crippen molar-refractivity contribution >= 4 is 21.7 Å². The van der Waals surface area contributed by atoms with Gasteiger partial charge in [0, 0.05) is 38.6 Å². The standard InChI is InChI=1S/C20H29NO6S/c1-20(2,3)13-18(22)21-10-8-14(9-11-21)27-17-12-15(28(5,24)25)6-7-16(17)19(23)26-4/h6-7,12,14H,8-11,13H2,1-5H3. The second kappa shape index (κ2) is 8.51. The maximum Gasteiger partial charge on any atom is 0.341 e. The molecule has 0 N–H and O–H groups in total. The highest BCUT2D eigenvalue weighted by Crippen LogP contribution is 2.28. The third-order valence-corrected chi connectivity index (χ3v) is 5.67. The van der Waals surface area contributed by atoms with Crippen LogP contribution in [0, 0.1) is 5.41 Å². The van der Waals surface area contributed by atoms with Crippen molar-refractivity contribution in [1.29, 1.82) is 0 Å². The summed E-state index contributed by atoms with van der Waals surface area (Å²) in [5.41, 5.74) is 0.118. The van der Waals surface area contributed by atoms with Gasteiger partial charge in [0.05, 0.1) is 12.0 Å². The second-order valence-corrected chi connectivity index (χ2v) is 10.4. The van der Waals surface area contributed by atoms with Crippen LogP contribution in [0.25, 0.3) is 0 Å². The molecule has 1 aromatic rings. The Morgan fingerprint density at radius 2 is 1.79 bits per heavy atom. The summed E-state index contributed by atoms with van der Waals surface area (Å²) in [4.78, 5) is 26.3. The van der Waals surface area contributed by atoms with Crippen molar-refractivity contribution in [2.24, 2.45) is 5.41 Å². The number of rotatable bonds is 5. The van der Waals surface area contributed by atoms with Gasteiger partial charge in [0.15, 0.2) is 9.84 Å². The van der Waals surface area contributed by atoms with E-state index < -0.39 is 15.8 Å². The minimum atomic E-state index is -3.44. The minimum Gasteiger partial charge on any atom is -0.489 e. The number of piperidine rings is 1. The van der Waals surface area contributed by atoms with E-state index in [1.165, 1.54) is 25.3 Å². The Morgan fingerprint density at radius 1 is 1.18 bits per heavy atom. The molecule has 0 unspecified atom stereocenters. The molecule has 0 saturated carbocycles. The molecule has 1 amide bonds. The molecular formula is C20H29NO6S. The lowest BCUT2D eigenvalue weighted by molar-refractivity contribution is -0.134. The van der Waals surface area contributed by atoms with Gasteiger partial charge in [0.25, 0.3) is 0 Å². The van der Waals surface area contributed by atoms with E-state index in [-0.39, 0.29) is 33.6 Å². The highest BCUT2D eigenvalue weighted by molar-refractivity contribution is 7.90. The molecule has 0 bridgehead atoms. The van der Waals surface area contributed by atoms with E-state index in [1.807, 2.05) is 25.7 Å². The first-order chi connectivity index (χ1) is 12.9. The molecule has 1 fully saturated rings. The van der Waals surface area contributed by atoms with E-state index >= 15 is 0 Å². The molecule has 1 aromatic carbocycles. The smallest absolute Gasteiger partial charge is 0.341 e. The van der Waals surface area contributed by atoms with Crippen molar-refractivity contribution < 1.29 is 27.5 Å². The van der Waals surface area contributed by atoms with Crippen LogP contribution in [0.2, 0.25) is 0 Å². The number of sulfone groups is 1. The molecule has 1 aliphatic heterocycles. The summed E-state index contributed by atoms with van der Waals surface area (Å²) in [5, 5.41) is 0. The fourth-order valence-electron chi connectivity index (χ4n) is 3.08. The monoisotopic (exact) mass is 411 g/mol. The first-order valence-electron chi connectivity index (χ1n) is 9.27. The lowest BCUT2D eigenvalue weighted by atomic mass is 9.91. The van der Waals surface area contributed by atoms with Gasteiger partial charge < -0.3 is 14.4 Å². The van der Waals surface area contributed by atoms with Crippen LogP contribution < -0.4 is 4.74 Å². The largest absolute Gasteiger partial charge is 0.489 e. The van der Waals surface area contributed by atoms with Gasteiger partial charge in [-0.3, -0.25) is 4.79 Å². The Morgan fingerprint density at radius 3 is 2.29 bits per heavy atom. The Balaban J connectivity index is 2.11. The molecule has 28 heavy (non-hydrogen) atoms. The zero-order chi connectivity index (χ0) is 21.1. The summed E-state index contributed by atoms with van der Waals surface area (Å²) in [6, 6.07) is 4.13. The number of amides is 1. The lowest BCUT2D eigenvalue weighted by Gasteiger charge is -2.34. The van der Waals surface area contributed by atoms with Gasteiger partial charge in [-0.05, 0) is 23.6 Å². The Kier molecular flexibility index (Phi) is 6.75. The molecule has 0 radical (unpaired) electrons. The molecule has 0 aromatic heterocycles. The van der Waals surface area contributed by atoms with E-state index in [4.69, 9.17) is 9.47 Å². The number of carbonyl (C=O) groups is 2. The summed E-state index contributed by atoms with van der Waals surface area (Å²) < 4.78 is 34.4. The summed E-state index contributed by atoms with van der Waals surface area (Å²) in [7, 11) is -2.18. The third-order valence-electron chi connectivity index (χ3n) is 4.56. The zero-order valence-corrected chi connectivity index (χ0v) is 18.0. The highest BCUT2D eigenvalue weighted by atomic mass is 32.2.